The van der Waals surface area contributed by atoms with Crippen LogP contribution in [-0.2, 0) is 9.47 Å². The number of benzene rings is 1. The SMILES string of the molecule is Cc1c(N)cccc1C(=O)OC1CC(C)(C)OC1(C)C. The lowest BCUT2D eigenvalue weighted by Crippen LogP contribution is -2.36. The number of hydrogen-bond donors (Lipinski definition) is 1. The minimum absolute atomic E-state index is 0.258. The van der Waals surface area contributed by atoms with Crippen LogP contribution in [-0.4, -0.2) is 23.3 Å². The molecule has 1 atom stereocenters. The van der Waals surface area contributed by atoms with E-state index in [0.29, 0.717) is 17.7 Å². The fourth-order valence-corrected chi connectivity index (χ4v) is 2.76. The van der Waals surface area contributed by atoms with E-state index >= 15 is 0 Å². The van der Waals surface area contributed by atoms with Gasteiger partial charge in [0.05, 0.1) is 11.2 Å². The molecule has 1 aromatic rings. The lowest BCUT2D eigenvalue weighted by molar-refractivity contribution is -0.0924. The summed E-state index contributed by atoms with van der Waals surface area (Å²) in [4.78, 5) is 12.3. The summed E-state index contributed by atoms with van der Waals surface area (Å²) < 4.78 is 11.6. The lowest BCUT2D eigenvalue weighted by Gasteiger charge is -2.27. The van der Waals surface area contributed by atoms with Crippen LogP contribution in [0.2, 0.25) is 0 Å². The second kappa shape index (κ2) is 4.77. The van der Waals surface area contributed by atoms with Gasteiger partial charge >= 0.3 is 5.97 Å². The molecule has 20 heavy (non-hydrogen) atoms. The highest BCUT2D eigenvalue weighted by atomic mass is 16.6. The number of carbonyl (C=O) groups is 1. The number of rotatable bonds is 2. The zero-order valence-electron chi connectivity index (χ0n) is 12.8. The summed E-state index contributed by atoms with van der Waals surface area (Å²) >= 11 is 0. The molecule has 0 aliphatic carbocycles. The molecular formula is C16H23NO3. The van der Waals surface area contributed by atoms with E-state index in [1.54, 1.807) is 18.2 Å². The third-order valence-corrected chi connectivity index (χ3v) is 3.84. The van der Waals surface area contributed by atoms with Crippen molar-refractivity contribution in [2.45, 2.75) is 58.3 Å². The van der Waals surface area contributed by atoms with Crippen molar-refractivity contribution < 1.29 is 14.3 Å². The predicted molar refractivity (Wildman–Crippen MR) is 78.7 cm³/mol. The van der Waals surface area contributed by atoms with Gasteiger partial charge in [0.2, 0.25) is 0 Å². The van der Waals surface area contributed by atoms with Crippen LogP contribution in [0.15, 0.2) is 18.2 Å². The van der Waals surface area contributed by atoms with Gasteiger partial charge in [-0.05, 0) is 52.3 Å². The van der Waals surface area contributed by atoms with Gasteiger partial charge in [0.25, 0.3) is 0 Å². The molecule has 0 spiro atoms. The summed E-state index contributed by atoms with van der Waals surface area (Å²) in [6.45, 7) is 9.74. The lowest BCUT2D eigenvalue weighted by atomic mass is 9.97. The number of esters is 1. The Labute approximate surface area is 120 Å². The number of hydrogen-bond acceptors (Lipinski definition) is 4. The standard InChI is InChI=1S/C16H23NO3/c1-10-11(7-6-8-12(10)17)14(18)19-13-9-15(2,3)20-16(13,4)5/h6-8,13H,9,17H2,1-5H3. The van der Waals surface area contributed by atoms with E-state index in [2.05, 4.69) is 0 Å². The second-order valence-corrected chi connectivity index (χ2v) is 6.58. The van der Waals surface area contributed by atoms with Crippen molar-refractivity contribution in [3.8, 4) is 0 Å². The molecule has 0 radical (unpaired) electrons. The summed E-state index contributed by atoms with van der Waals surface area (Å²) in [5.41, 5.74) is 6.95. The molecule has 1 aliphatic rings. The first-order chi connectivity index (χ1) is 9.12. The van der Waals surface area contributed by atoms with Gasteiger partial charge in [0, 0.05) is 12.1 Å². The Morgan fingerprint density at radius 1 is 1.35 bits per heavy atom. The van der Waals surface area contributed by atoms with E-state index in [4.69, 9.17) is 15.2 Å². The average molecular weight is 277 g/mol. The van der Waals surface area contributed by atoms with Crippen LogP contribution >= 0.6 is 0 Å². The Balaban J connectivity index is 2.18. The molecule has 2 N–H and O–H groups in total. The topological polar surface area (TPSA) is 61.6 Å². The zero-order chi connectivity index (χ0) is 15.1. The third-order valence-electron chi connectivity index (χ3n) is 3.84. The average Bonchev–Trinajstić information content (AvgIpc) is 2.50. The van der Waals surface area contributed by atoms with Crippen LogP contribution in [0, 0.1) is 6.92 Å². The van der Waals surface area contributed by atoms with Crippen molar-refractivity contribution in [2.24, 2.45) is 0 Å². The van der Waals surface area contributed by atoms with Gasteiger partial charge in [-0.1, -0.05) is 6.07 Å². The van der Waals surface area contributed by atoms with Crippen LogP contribution < -0.4 is 5.73 Å². The summed E-state index contributed by atoms with van der Waals surface area (Å²) in [5.74, 6) is -0.339. The summed E-state index contributed by atoms with van der Waals surface area (Å²) in [5, 5.41) is 0. The monoisotopic (exact) mass is 277 g/mol. The molecule has 4 nitrogen and oxygen atoms in total. The molecular weight excluding hydrogens is 254 g/mol. The fourth-order valence-electron chi connectivity index (χ4n) is 2.76. The highest BCUT2D eigenvalue weighted by Crippen LogP contribution is 2.39. The first-order valence-electron chi connectivity index (χ1n) is 6.89. The first kappa shape index (κ1) is 14.9. The van der Waals surface area contributed by atoms with E-state index in [-0.39, 0.29) is 17.7 Å². The molecule has 0 amide bonds. The highest BCUT2D eigenvalue weighted by Gasteiger charge is 2.48. The van der Waals surface area contributed by atoms with Crippen molar-refractivity contribution >= 4 is 11.7 Å². The van der Waals surface area contributed by atoms with Gasteiger partial charge in [0.15, 0.2) is 0 Å². The van der Waals surface area contributed by atoms with Crippen molar-refractivity contribution in [3.63, 3.8) is 0 Å². The number of nitrogens with two attached hydrogens (primary N) is 1. The molecule has 4 heteroatoms. The molecule has 1 fully saturated rings. The molecule has 2 rings (SSSR count). The minimum atomic E-state index is -0.479. The molecule has 1 aromatic carbocycles. The van der Waals surface area contributed by atoms with Crippen LogP contribution in [0.4, 0.5) is 5.69 Å². The normalized spacial score (nSPS) is 23.6. The predicted octanol–water partition coefficient (Wildman–Crippen LogP) is 3.08. The van der Waals surface area contributed by atoms with Crippen molar-refractivity contribution in [3.05, 3.63) is 29.3 Å². The van der Waals surface area contributed by atoms with Gasteiger partial charge in [0.1, 0.15) is 11.7 Å². The van der Waals surface area contributed by atoms with Crippen molar-refractivity contribution in [1.29, 1.82) is 0 Å². The van der Waals surface area contributed by atoms with Crippen molar-refractivity contribution in [1.82, 2.24) is 0 Å². The summed E-state index contributed by atoms with van der Waals surface area (Å²) in [6.07, 6.45) is 0.429. The molecule has 1 aliphatic heterocycles. The Bertz CT molecular complexity index is 535. The molecule has 110 valence electrons. The third kappa shape index (κ3) is 2.80. The fraction of sp³-hybridized carbons (Fsp3) is 0.562. The maximum atomic E-state index is 12.3. The number of anilines is 1. The Morgan fingerprint density at radius 2 is 2.00 bits per heavy atom. The Morgan fingerprint density at radius 3 is 2.55 bits per heavy atom. The zero-order valence-corrected chi connectivity index (χ0v) is 12.8. The molecule has 1 unspecified atom stereocenters. The first-order valence-corrected chi connectivity index (χ1v) is 6.89. The minimum Gasteiger partial charge on any atom is -0.456 e. The molecule has 0 bridgehead atoms. The van der Waals surface area contributed by atoms with Crippen LogP contribution in [0.1, 0.15) is 50.0 Å². The maximum Gasteiger partial charge on any atom is 0.338 e. The van der Waals surface area contributed by atoms with E-state index in [1.165, 1.54) is 0 Å². The van der Waals surface area contributed by atoms with Crippen LogP contribution in [0.5, 0.6) is 0 Å². The van der Waals surface area contributed by atoms with Gasteiger partial charge in [-0.2, -0.15) is 0 Å². The Kier molecular flexibility index (Phi) is 3.54. The quantitative estimate of drug-likeness (QED) is 0.666. The number of carbonyl (C=O) groups excluding carboxylic acids is 1. The molecule has 1 heterocycles. The van der Waals surface area contributed by atoms with Gasteiger partial charge in [-0.15, -0.1) is 0 Å². The van der Waals surface area contributed by atoms with Gasteiger partial charge in [-0.3, -0.25) is 0 Å². The largest absolute Gasteiger partial charge is 0.456 e. The second-order valence-electron chi connectivity index (χ2n) is 6.58. The highest BCUT2D eigenvalue weighted by molar-refractivity contribution is 5.92. The van der Waals surface area contributed by atoms with E-state index < -0.39 is 5.60 Å². The summed E-state index contributed by atoms with van der Waals surface area (Å²) in [6, 6.07) is 5.28. The maximum absolute atomic E-state index is 12.3. The summed E-state index contributed by atoms with van der Waals surface area (Å²) in [7, 11) is 0. The van der Waals surface area contributed by atoms with Crippen molar-refractivity contribution in [2.75, 3.05) is 5.73 Å². The van der Waals surface area contributed by atoms with E-state index in [9.17, 15) is 4.79 Å². The molecule has 0 saturated carbocycles. The smallest absolute Gasteiger partial charge is 0.338 e. The van der Waals surface area contributed by atoms with Crippen LogP contribution in [0.25, 0.3) is 0 Å². The van der Waals surface area contributed by atoms with Crippen LogP contribution in [0.3, 0.4) is 0 Å². The van der Waals surface area contributed by atoms with Gasteiger partial charge in [-0.25, -0.2) is 4.79 Å². The number of nitrogen functional groups attached to an aromatic ring is 1. The van der Waals surface area contributed by atoms with Gasteiger partial charge < -0.3 is 15.2 Å². The molecule has 0 aromatic heterocycles. The molecule has 1 saturated heterocycles. The van der Waals surface area contributed by atoms with E-state index in [1.807, 2.05) is 34.6 Å². The number of ether oxygens (including phenoxy) is 2. The Hall–Kier alpha value is -1.55. The van der Waals surface area contributed by atoms with E-state index in [0.717, 1.165) is 5.56 Å².